The molecule has 0 aliphatic carbocycles. The van der Waals surface area contributed by atoms with Crippen molar-refractivity contribution < 1.29 is 4.74 Å². The van der Waals surface area contributed by atoms with E-state index in [1.165, 1.54) is 19.3 Å². The summed E-state index contributed by atoms with van der Waals surface area (Å²) < 4.78 is 5.34. The second-order valence-corrected chi connectivity index (χ2v) is 6.07. The molecule has 110 valence electrons. The maximum atomic E-state index is 5.87. The summed E-state index contributed by atoms with van der Waals surface area (Å²) >= 11 is 5.19. The van der Waals surface area contributed by atoms with Gasteiger partial charge in [-0.2, -0.15) is 0 Å². The number of anilines is 1. The largest absolute Gasteiger partial charge is 0.497 e. The van der Waals surface area contributed by atoms with E-state index in [1.807, 2.05) is 12.1 Å². The van der Waals surface area contributed by atoms with Crippen molar-refractivity contribution in [3.05, 3.63) is 23.8 Å². The van der Waals surface area contributed by atoms with E-state index in [2.05, 4.69) is 24.8 Å². The SMILES string of the molecule is CCC1(CC)CCN(c2cc(OC)ccc2C(N)=S)C1. The highest BCUT2D eigenvalue weighted by Crippen LogP contribution is 2.40. The number of thiocarbonyl (C=S) groups is 1. The van der Waals surface area contributed by atoms with Gasteiger partial charge in [0.2, 0.25) is 0 Å². The summed E-state index contributed by atoms with van der Waals surface area (Å²) in [7, 11) is 1.69. The van der Waals surface area contributed by atoms with Gasteiger partial charge in [-0.1, -0.05) is 26.1 Å². The Kier molecular flexibility index (Phi) is 4.53. The van der Waals surface area contributed by atoms with Gasteiger partial charge in [0.15, 0.2) is 0 Å². The third-order valence-corrected chi connectivity index (χ3v) is 4.97. The highest BCUT2D eigenvalue weighted by molar-refractivity contribution is 7.80. The van der Waals surface area contributed by atoms with Crippen LogP contribution in [0.2, 0.25) is 0 Å². The van der Waals surface area contributed by atoms with Gasteiger partial charge in [-0.15, -0.1) is 0 Å². The van der Waals surface area contributed by atoms with Crippen molar-refractivity contribution in [1.29, 1.82) is 0 Å². The van der Waals surface area contributed by atoms with Crippen LogP contribution < -0.4 is 15.4 Å². The van der Waals surface area contributed by atoms with E-state index in [4.69, 9.17) is 22.7 Å². The molecule has 0 unspecified atom stereocenters. The molecule has 4 heteroatoms. The lowest BCUT2D eigenvalue weighted by Crippen LogP contribution is -2.28. The summed E-state index contributed by atoms with van der Waals surface area (Å²) in [5.41, 5.74) is 8.36. The molecule has 0 amide bonds. The van der Waals surface area contributed by atoms with Crippen LogP contribution in [-0.4, -0.2) is 25.2 Å². The molecule has 1 aliphatic rings. The second-order valence-electron chi connectivity index (χ2n) is 5.63. The summed E-state index contributed by atoms with van der Waals surface area (Å²) in [5.74, 6) is 0.852. The molecule has 0 bridgehead atoms. The van der Waals surface area contributed by atoms with Gasteiger partial charge < -0.3 is 15.4 Å². The quantitative estimate of drug-likeness (QED) is 0.845. The van der Waals surface area contributed by atoms with E-state index in [0.29, 0.717) is 10.4 Å². The predicted octanol–water partition coefficient (Wildman–Crippen LogP) is 3.35. The molecule has 0 radical (unpaired) electrons. The van der Waals surface area contributed by atoms with E-state index < -0.39 is 0 Å². The van der Waals surface area contributed by atoms with Crippen LogP contribution in [0.4, 0.5) is 5.69 Å². The Hall–Kier alpha value is -1.29. The average Bonchev–Trinajstić information content (AvgIpc) is 2.91. The normalized spacial score (nSPS) is 17.2. The molecule has 2 rings (SSSR count). The van der Waals surface area contributed by atoms with Gasteiger partial charge in [0.05, 0.1) is 12.8 Å². The van der Waals surface area contributed by atoms with Crippen molar-refractivity contribution in [3.63, 3.8) is 0 Å². The molecule has 1 fully saturated rings. The molecule has 1 aromatic rings. The summed E-state index contributed by atoms with van der Waals surface area (Å²) in [6, 6.07) is 5.94. The fraction of sp³-hybridized carbons (Fsp3) is 0.562. The molecule has 0 spiro atoms. The van der Waals surface area contributed by atoms with Crippen LogP contribution >= 0.6 is 12.2 Å². The van der Waals surface area contributed by atoms with Crippen molar-refractivity contribution in [1.82, 2.24) is 0 Å². The molecular weight excluding hydrogens is 268 g/mol. The van der Waals surface area contributed by atoms with Crippen molar-refractivity contribution in [2.75, 3.05) is 25.1 Å². The molecule has 1 aliphatic heterocycles. The molecule has 2 N–H and O–H groups in total. The summed E-state index contributed by atoms with van der Waals surface area (Å²) in [6.07, 6.45) is 3.66. The maximum absolute atomic E-state index is 5.87. The lowest BCUT2D eigenvalue weighted by molar-refractivity contribution is 0.301. The summed E-state index contributed by atoms with van der Waals surface area (Å²) in [6.45, 7) is 6.70. The predicted molar refractivity (Wildman–Crippen MR) is 88.7 cm³/mol. The fourth-order valence-electron chi connectivity index (χ4n) is 3.08. The number of methoxy groups -OCH3 is 1. The molecule has 20 heavy (non-hydrogen) atoms. The molecule has 3 nitrogen and oxygen atoms in total. The third-order valence-electron chi connectivity index (χ3n) is 4.75. The average molecular weight is 292 g/mol. The zero-order chi connectivity index (χ0) is 14.8. The summed E-state index contributed by atoms with van der Waals surface area (Å²) in [5, 5.41) is 0. The van der Waals surface area contributed by atoms with Gasteiger partial charge in [-0.3, -0.25) is 0 Å². The first-order chi connectivity index (χ1) is 9.55. The zero-order valence-electron chi connectivity index (χ0n) is 12.6. The molecular formula is C16H24N2OS. The van der Waals surface area contributed by atoms with Gasteiger partial charge in [-0.05, 0) is 36.8 Å². The molecule has 1 heterocycles. The Labute approximate surface area is 127 Å². The minimum atomic E-state index is 0.427. The lowest BCUT2D eigenvalue weighted by atomic mass is 9.82. The van der Waals surface area contributed by atoms with E-state index in [-0.39, 0.29) is 0 Å². The smallest absolute Gasteiger partial charge is 0.120 e. The Morgan fingerprint density at radius 1 is 1.40 bits per heavy atom. The Bertz CT molecular complexity index is 497. The molecule has 1 saturated heterocycles. The van der Waals surface area contributed by atoms with Gasteiger partial charge in [0.1, 0.15) is 10.7 Å². The van der Waals surface area contributed by atoms with E-state index >= 15 is 0 Å². The molecule has 0 atom stereocenters. The minimum absolute atomic E-state index is 0.427. The van der Waals surface area contributed by atoms with Crippen LogP contribution in [0.3, 0.4) is 0 Å². The number of nitrogens with zero attached hydrogens (tertiary/aromatic N) is 1. The fourth-order valence-corrected chi connectivity index (χ4v) is 3.25. The van der Waals surface area contributed by atoms with E-state index in [9.17, 15) is 0 Å². The molecule has 0 aromatic heterocycles. The monoisotopic (exact) mass is 292 g/mol. The number of benzene rings is 1. The van der Waals surface area contributed by atoms with Crippen LogP contribution in [0.15, 0.2) is 18.2 Å². The van der Waals surface area contributed by atoms with Crippen molar-refractivity contribution in [3.8, 4) is 5.75 Å². The topological polar surface area (TPSA) is 38.5 Å². The minimum Gasteiger partial charge on any atom is -0.497 e. The third kappa shape index (κ3) is 2.75. The molecule has 1 aromatic carbocycles. The highest BCUT2D eigenvalue weighted by atomic mass is 32.1. The van der Waals surface area contributed by atoms with Crippen LogP contribution in [-0.2, 0) is 0 Å². The van der Waals surface area contributed by atoms with Crippen molar-refractivity contribution >= 4 is 22.9 Å². The van der Waals surface area contributed by atoms with Gasteiger partial charge in [-0.25, -0.2) is 0 Å². The van der Waals surface area contributed by atoms with E-state index in [1.54, 1.807) is 7.11 Å². The molecule has 0 saturated carbocycles. The Morgan fingerprint density at radius 3 is 2.60 bits per heavy atom. The first kappa shape index (κ1) is 15.1. The summed E-state index contributed by atoms with van der Waals surface area (Å²) in [4.78, 5) is 2.86. The number of hydrogen-bond acceptors (Lipinski definition) is 3. The maximum Gasteiger partial charge on any atom is 0.120 e. The second kappa shape index (κ2) is 6.00. The first-order valence-corrected chi connectivity index (χ1v) is 7.69. The highest BCUT2D eigenvalue weighted by Gasteiger charge is 2.35. The lowest BCUT2D eigenvalue weighted by Gasteiger charge is -2.28. The van der Waals surface area contributed by atoms with Crippen LogP contribution in [0, 0.1) is 5.41 Å². The van der Waals surface area contributed by atoms with Crippen LogP contribution in [0.5, 0.6) is 5.75 Å². The number of rotatable bonds is 5. The van der Waals surface area contributed by atoms with Gasteiger partial charge >= 0.3 is 0 Å². The van der Waals surface area contributed by atoms with Gasteiger partial charge in [0.25, 0.3) is 0 Å². The van der Waals surface area contributed by atoms with Crippen molar-refractivity contribution in [2.24, 2.45) is 11.1 Å². The van der Waals surface area contributed by atoms with Crippen molar-refractivity contribution in [2.45, 2.75) is 33.1 Å². The number of ether oxygens (including phenoxy) is 1. The van der Waals surface area contributed by atoms with E-state index in [0.717, 1.165) is 30.1 Å². The Balaban J connectivity index is 2.35. The number of nitrogens with two attached hydrogens (primary N) is 1. The number of hydrogen-bond donors (Lipinski definition) is 1. The van der Waals surface area contributed by atoms with Crippen LogP contribution in [0.25, 0.3) is 0 Å². The first-order valence-electron chi connectivity index (χ1n) is 7.28. The standard InChI is InChI=1S/C16H24N2OS/c1-4-16(5-2)8-9-18(11-16)14-10-12(19-3)6-7-13(14)15(17)20/h6-7,10H,4-5,8-9,11H2,1-3H3,(H2,17,20). The van der Waals surface area contributed by atoms with Gasteiger partial charge in [0, 0.05) is 24.7 Å². The Morgan fingerprint density at radius 2 is 2.10 bits per heavy atom. The van der Waals surface area contributed by atoms with Crippen LogP contribution in [0.1, 0.15) is 38.7 Å². The zero-order valence-corrected chi connectivity index (χ0v) is 13.4.